The fraction of sp³-hybridized carbons (Fsp3) is 0.389. The highest BCUT2D eigenvalue weighted by atomic mass is 28.4. The van der Waals surface area contributed by atoms with E-state index in [1.807, 2.05) is 30.3 Å². The van der Waals surface area contributed by atoms with Crippen LogP contribution in [-0.4, -0.2) is 53.5 Å². The van der Waals surface area contributed by atoms with Crippen LogP contribution in [0.4, 0.5) is 0 Å². The smallest absolute Gasteiger partial charge is 0.341 e. The third-order valence-corrected chi connectivity index (χ3v) is 21.8. The van der Waals surface area contributed by atoms with Crippen LogP contribution in [0.5, 0.6) is 0 Å². The maximum Gasteiger partial charge on any atom is 0.341 e. The first kappa shape index (κ1) is 49.9. The lowest BCUT2D eigenvalue weighted by Crippen LogP contribution is -2.67. The number of unbranched alkanes of at least 4 members (excludes halogenated alkanes) is 1. The highest BCUT2D eigenvalue weighted by Gasteiger charge is 2.52. The van der Waals surface area contributed by atoms with Crippen molar-refractivity contribution in [1.29, 1.82) is 0 Å². The molecule has 0 fully saturated rings. The van der Waals surface area contributed by atoms with Gasteiger partial charge in [0.2, 0.25) is 0 Å². The van der Waals surface area contributed by atoms with E-state index in [1.54, 1.807) is 12.2 Å². The van der Waals surface area contributed by atoms with Crippen molar-refractivity contribution in [2.24, 2.45) is 0 Å². The Morgan fingerprint density at radius 1 is 0.613 bits per heavy atom. The van der Waals surface area contributed by atoms with Crippen molar-refractivity contribution >= 4 is 54.9 Å². The lowest BCUT2D eigenvalue weighted by atomic mass is 10.0. The Balaban J connectivity index is 1.31. The van der Waals surface area contributed by atoms with Crippen LogP contribution >= 0.6 is 0 Å². The maximum atomic E-state index is 13.4. The Morgan fingerprint density at radius 2 is 1.06 bits per heavy atom. The van der Waals surface area contributed by atoms with Crippen molar-refractivity contribution in [1.82, 2.24) is 0 Å². The molecule has 2 atom stereocenters. The number of ketones is 2. The van der Waals surface area contributed by atoms with Gasteiger partial charge in [-0.3, -0.25) is 9.59 Å². The Morgan fingerprint density at radius 3 is 1.48 bits per heavy atom. The number of hydrogen-bond donors (Lipinski definition) is 0. The van der Waals surface area contributed by atoms with Gasteiger partial charge in [0.1, 0.15) is 0 Å². The third-order valence-electron chi connectivity index (χ3n) is 11.6. The van der Waals surface area contributed by atoms with Crippen LogP contribution in [0.2, 0.25) is 10.1 Å². The fourth-order valence-corrected chi connectivity index (χ4v) is 17.9. The zero-order valence-electron chi connectivity index (χ0n) is 38.7. The molecule has 0 amide bonds. The van der Waals surface area contributed by atoms with E-state index in [0.717, 1.165) is 6.42 Å². The van der Waals surface area contributed by atoms with Crippen molar-refractivity contribution < 1.29 is 28.0 Å². The summed E-state index contributed by atoms with van der Waals surface area (Å²) in [5, 5.41) is 4.63. The van der Waals surface area contributed by atoms with E-state index in [-0.39, 0.29) is 45.8 Å². The molecule has 4 aromatic rings. The van der Waals surface area contributed by atoms with Crippen molar-refractivity contribution in [3.63, 3.8) is 0 Å². The molecule has 0 aliphatic rings. The lowest BCUT2D eigenvalue weighted by molar-refractivity contribution is -0.137. The van der Waals surface area contributed by atoms with Gasteiger partial charge in [-0.2, -0.15) is 0 Å². The van der Waals surface area contributed by atoms with Crippen molar-refractivity contribution in [3.05, 3.63) is 157 Å². The monoisotopic (exact) mass is 870 g/mol. The fourth-order valence-electron chi connectivity index (χ4n) is 8.43. The second-order valence-electron chi connectivity index (χ2n) is 18.2. The van der Waals surface area contributed by atoms with Crippen LogP contribution in [0.15, 0.2) is 157 Å². The van der Waals surface area contributed by atoms with Crippen molar-refractivity contribution in [2.45, 2.75) is 129 Å². The van der Waals surface area contributed by atoms with Crippen LogP contribution in [0.3, 0.4) is 0 Å². The standard InChI is InChI=1S/C54H70O6Si2/c1-10-45(60-62(54(6,7)8,48-37-21-14-22-38-48)49-39-23-15-24-40-49)32-27-26-31-44(55)30-16-11-25-41-50(52(57)58-9)51(56)42-28-29-43(2)59-61(53(3,4)5,46-33-17-12-18-34-46)47-35-19-13-20-36-47/h12-24,27,30,32-41,43,45H,10-11,25-26,28-29,31,42H2,1-9H3/b30-16+,32-27-,50-41-/t43-,45+/m1/s1. The molecular formula is C54H70O6Si2. The van der Waals surface area contributed by atoms with Gasteiger partial charge in [-0.05, 0) is 82.3 Å². The van der Waals surface area contributed by atoms with Gasteiger partial charge in [-0.15, -0.1) is 0 Å². The Labute approximate surface area is 374 Å². The minimum absolute atomic E-state index is 0.0262. The van der Waals surface area contributed by atoms with Crippen LogP contribution in [0.25, 0.3) is 0 Å². The normalized spacial score (nSPS) is 13.9. The van der Waals surface area contributed by atoms with Crippen LogP contribution in [-0.2, 0) is 28.0 Å². The quantitative estimate of drug-likeness (QED) is 0.0141. The molecule has 6 nitrogen and oxygen atoms in total. The highest BCUT2D eigenvalue weighted by molar-refractivity contribution is 7.00. The summed E-state index contributed by atoms with van der Waals surface area (Å²) in [5.74, 6) is -0.855. The molecule has 8 heteroatoms. The summed E-state index contributed by atoms with van der Waals surface area (Å²) in [7, 11) is -4.14. The number of carbonyl (C=O) groups is 3. The first-order valence-electron chi connectivity index (χ1n) is 22.4. The molecule has 0 N–H and O–H groups in total. The molecule has 0 heterocycles. The maximum absolute atomic E-state index is 13.4. The number of carbonyl (C=O) groups excluding carboxylic acids is 3. The zero-order valence-corrected chi connectivity index (χ0v) is 40.7. The molecule has 62 heavy (non-hydrogen) atoms. The van der Waals surface area contributed by atoms with Crippen LogP contribution in [0, 0.1) is 0 Å². The minimum atomic E-state index is -2.73. The van der Waals surface area contributed by atoms with E-state index in [4.69, 9.17) is 13.6 Å². The number of allylic oxidation sites excluding steroid dienone is 4. The summed E-state index contributed by atoms with van der Waals surface area (Å²) in [6.07, 6.45) is 13.2. The summed E-state index contributed by atoms with van der Waals surface area (Å²) in [5.41, 5.74) is 0.0590. The number of Topliss-reactive ketones (excluding diaryl/α,β-unsaturated/α-hetero) is 1. The second kappa shape index (κ2) is 23.6. The first-order valence-corrected chi connectivity index (χ1v) is 26.2. The molecule has 0 aliphatic heterocycles. The van der Waals surface area contributed by atoms with E-state index < -0.39 is 22.6 Å². The van der Waals surface area contributed by atoms with E-state index in [2.05, 4.69) is 165 Å². The van der Waals surface area contributed by atoms with Gasteiger partial charge in [-0.25, -0.2) is 4.79 Å². The van der Waals surface area contributed by atoms with Gasteiger partial charge >= 0.3 is 5.97 Å². The number of esters is 1. The highest BCUT2D eigenvalue weighted by Crippen LogP contribution is 2.39. The van der Waals surface area contributed by atoms with Gasteiger partial charge in [0.25, 0.3) is 16.6 Å². The van der Waals surface area contributed by atoms with Gasteiger partial charge in [0.15, 0.2) is 11.6 Å². The van der Waals surface area contributed by atoms with Crippen molar-refractivity contribution in [3.8, 4) is 0 Å². The molecule has 0 saturated heterocycles. The minimum Gasteiger partial charge on any atom is -0.465 e. The Hall–Kier alpha value is -4.74. The van der Waals surface area contributed by atoms with Crippen LogP contribution < -0.4 is 20.7 Å². The van der Waals surface area contributed by atoms with Crippen molar-refractivity contribution in [2.75, 3.05) is 7.11 Å². The van der Waals surface area contributed by atoms with Gasteiger partial charge < -0.3 is 13.6 Å². The molecule has 0 bridgehead atoms. The second-order valence-corrected chi connectivity index (χ2v) is 26.7. The summed E-state index contributed by atoms with van der Waals surface area (Å²) < 4.78 is 19.4. The Bertz CT molecular complexity index is 2000. The van der Waals surface area contributed by atoms with E-state index in [9.17, 15) is 14.4 Å². The first-order chi connectivity index (χ1) is 29.6. The SMILES string of the molecule is CC[C@@H](/C=C\CCC(=O)/C=C/CC/C=C(/C(=O)CCC[C@@H](C)O[Si](c1ccccc1)(c1ccccc1)C(C)(C)C)C(=O)OC)O[Si](c1ccccc1)(c1ccccc1)C(C)(C)C. The number of ether oxygens (including phenoxy) is 1. The van der Waals surface area contributed by atoms with E-state index in [1.165, 1.54) is 27.9 Å². The van der Waals surface area contributed by atoms with E-state index >= 15 is 0 Å². The number of hydrogen-bond acceptors (Lipinski definition) is 6. The number of methoxy groups -OCH3 is 1. The number of rotatable bonds is 23. The molecule has 4 aromatic carbocycles. The summed E-state index contributed by atoms with van der Waals surface area (Å²) in [4.78, 5) is 38.9. The largest absolute Gasteiger partial charge is 0.465 e. The molecular weight excluding hydrogens is 801 g/mol. The van der Waals surface area contributed by atoms with Gasteiger partial charge in [-0.1, -0.05) is 194 Å². The summed E-state index contributed by atoms with van der Waals surface area (Å²) >= 11 is 0. The van der Waals surface area contributed by atoms with Gasteiger partial charge in [0.05, 0.1) is 18.8 Å². The average Bonchev–Trinajstić information content (AvgIpc) is 3.26. The Kier molecular flexibility index (Phi) is 19.0. The average molecular weight is 871 g/mol. The lowest BCUT2D eigenvalue weighted by Gasteiger charge is -2.44. The molecule has 4 rings (SSSR count). The molecule has 0 radical (unpaired) electrons. The van der Waals surface area contributed by atoms with Gasteiger partial charge in [0, 0.05) is 18.9 Å². The molecule has 0 aromatic heterocycles. The topological polar surface area (TPSA) is 78.9 Å². The number of benzene rings is 4. The summed E-state index contributed by atoms with van der Waals surface area (Å²) in [6, 6.07) is 42.3. The zero-order chi connectivity index (χ0) is 45.2. The molecule has 0 unspecified atom stereocenters. The van der Waals surface area contributed by atoms with Crippen LogP contribution in [0.1, 0.15) is 107 Å². The van der Waals surface area contributed by atoms with E-state index in [0.29, 0.717) is 38.5 Å². The summed E-state index contributed by atoms with van der Waals surface area (Å²) in [6.45, 7) is 17.8. The molecule has 0 aliphatic carbocycles. The molecule has 0 spiro atoms. The predicted octanol–water partition coefficient (Wildman–Crippen LogP) is 10.4. The molecule has 0 saturated carbocycles. The predicted molar refractivity (Wildman–Crippen MR) is 262 cm³/mol. The third kappa shape index (κ3) is 12.9. The molecule has 330 valence electrons.